The highest BCUT2D eigenvalue weighted by atomic mass is 79.9. The maximum atomic E-state index is 12.3. The van der Waals surface area contributed by atoms with Gasteiger partial charge in [-0.25, -0.2) is 9.59 Å². The number of hydrogen-bond acceptors (Lipinski definition) is 6. The fraction of sp³-hybridized carbons (Fsp3) is 0.440. The van der Waals surface area contributed by atoms with Gasteiger partial charge in [-0.3, -0.25) is 0 Å². The maximum Gasteiger partial charge on any atom is 0.514 e. The highest BCUT2D eigenvalue weighted by Crippen LogP contribution is 2.51. The molecule has 2 aromatic carbocycles. The van der Waals surface area contributed by atoms with Crippen LogP contribution in [0.2, 0.25) is 0 Å². The Labute approximate surface area is 239 Å². The average Bonchev–Trinajstić information content (AvgIpc) is 2.67. The number of carbonyl (C=O) groups is 2. The Morgan fingerprint density at radius 2 is 1.03 bits per heavy atom. The smallest absolute Gasteiger partial charge is 0.428 e. The summed E-state index contributed by atoms with van der Waals surface area (Å²) in [7, 11) is 0. The first kappa shape index (κ1) is 30.1. The molecule has 0 N–H and O–H groups in total. The van der Waals surface area contributed by atoms with Gasteiger partial charge >= 0.3 is 12.3 Å². The van der Waals surface area contributed by atoms with Crippen molar-refractivity contribution in [2.45, 2.75) is 72.0 Å². The van der Waals surface area contributed by atoms with E-state index in [9.17, 15) is 9.59 Å². The molecule has 0 fully saturated rings. The Morgan fingerprint density at radius 3 is 1.43 bits per heavy atom. The van der Waals surface area contributed by atoms with Gasteiger partial charge < -0.3 is 18.9 Å². The number of benzene rings is 2. The van der Waals surface area contributed by atoms with Gasteiger partial charge in [0.05, 0.1) is 8.95 Å². The summed E-state index contributed by atoms with van der Waals surface area (Å²) in [6, 6.07) is 7.19. The van der Waals surface area contributed by atoms with Crippen LogP contribution in [0.15, 0.2) is 42.2 Å². The van der Waals surface area contributed by atoms with E-state index in [4.69, 9.17) is 18.9 Å². The molecule has 2 rings (SSSR count). The van der Waals surface area contributed by atoms with Crippen molar-refractivity contribution in [3.05, 3.63) is 53.3 Å². The van der Waals surface area contributed by atoms with Crippen LogP contribution in [0.25, 0.3) is 0 Å². The minimum absolute atomic E-state index is 0.277. The van der Waals surface area contributed by atoms with Gasteiger partial charge in [-0.1, -0.05) is 26.0 Å². The fourth-order valence-electron chi connectivity index (χ4n) is 3.06. The second-order valence-electron chi connectivity index (χ2n) is 10.2. The molecule has 35 heavy (non-hydrogen) atoms. The van der Waals surface area contributed by atoms with E-state index in [2.05, 4.69) is 77.6 Å². The first-order valence-corrected chi connectivity index (χ1v) is 13.8. The van der Waals surface area contributed by atoms with Crippen LogP contribution in [0.5, 0.6) is 11.5 Å². The summed E-state index contributed by atoms with van der Waals surface area (Å²) in [5.74, 6) is 0.652. The van der Waals surface area contributed by atoms with E-state index in [1.807, 2.05) is 12.1 Å². The topological polar surface area (TPSA) is 71.1 Å². The summed E-state index contributed by atoms with van der Waals surface area (Å²) in [6.07, 6.45) is -1.58. The van der Waals surface area contributed by atoms with E-state index < -0.39 is 28.9 Å². The Hall–Kier alpha value is -1.10. The van der Waals surface area contributed by atoms with Crippen LogP contribution in [-0.2, 0) is 14.9 Å². The molecule has 0 aromatic heterocycles. The van der Waals surface area contributed by atoms with Crippen LogP contribution in [0.1, 0.15) is 66.5 Å². The van der Waals surface area contributed by atoms with Crippen molar-refractivity contribution in [3.8, 4) is 11.5 Å². The first-order valence-electron chi connectivity index (χ1n) is 10.6. The molecule has 0 unspecified atom stereocenters. The van der Waals surface area contributed by atoms with Gasteiger partial charge in [0, 0.05) is 14.4 Å². The van der Waals surface area contributed by atoms with Gasteiger partial charge in [0.15, 0.2) is 5.75 Å². The van der Waals surface area contributed by atoms with Crippen LogP contribution in [0.3, 0.4) is 0 Å². The van der Waals surface area contributed by atoms with Crippen molar-refractivity contribution in [1.29, 1.82) is 0 Å². The molecule has 0 saturated carbocycles. The molecule has 0 bridgehead atoms. The third kappa shape index (κ3) is 7.94. The molecule has 0 aliphatic carbocycles. The Kier molecular flexibility index (Phi) is 9.56. The molecule has 6 nitrogen and oxygen atoms in total. The molecule has 10 heteroatoms. The normalized spacial score (nSPS) is 12.2. The number of rotatable bonds is 4. The largest absolute Gasteiger partial charge is 0.514 e. The summed E-state index contributed by atoms with van der Waals surface area (Å²) in [5.41, 5.74) is 0.00447. The SMILES string of the molecule is CC(C)(C)OC(=O)Oc1ccc(C(C)(C)c2c(Br)c(Br)c(OC(=O)OC(C)(C)C)c(Br)c2Br)cc1. The Balaban J connectivity index is 2.39. The van der Waals surface area contributed by atoms with Gasteiger partial charge in [0.2, 0.25) is 0 Å². The number of carbonyl (C=O) groups excluding carboxylic acids is 2. The summed E-state index contributed by atoms with van der Waals surface area (Å²) in [6.45, 7) is 14.7. The number of hydrogen-bond donors (Lipinski definition) is 0. The Morgan fingerprint density at radius 1 is 0.629 bits per heavy atom. The van der Waals surface area contributed by atoms with Crippen LogP contribution < -0.4 is 9.47 Å². The predicted molar refractivity (Wildman–Crippen MR) is 150 cm³/mol. The minimum atomic E-state index is -0.815. The van der Waals surface area contributed by atoms with E-state index in [-0.39, 0.29) is 5.75 Å². The molecule has 0 radical (unpaired) electrons. The first-order chi connectivity index (χ1) is 15.8. The average molecular weight is 744 g/mol. The summed E-state index contributed by atoms with van der Waals surface area (Å²) >= 11 is 14.4. The zero-order valence-corrected chi connectivity index (χ0v) is 27.1. The van der Waals surface area contributed by atoms with E-state index in [0.29, 0.717) is 23.6 Å². The monoisotopic (exact) mass is 740 g/mol. The van der Waals surface area contributed by atoms with Crippen molar-refractivity contribution in [2.75, 3.05) is 0 Å². The highest BCUT2D eigenvalue weighted by molar-refractivity contribution is 9.14. The predicted octanol–water partition coefficient (Wildman–Crippen LogP) is 9.69. The lowest BCUT2D eigenvalue weighted by Crippen LogP contribution is -2.26. The molecular formula is C25H28Br4O6. The molecule has 0 heterocycles. The third-order valence-electron chi connectivity index (χ3n) is 4.59. The molecule has 192 valence electrons. The van der Waals surface area contributed by atoms with Crippen LogP contribution >= 0.6 is 63.7 Å². The summed E-state index contributed by atoms with van der Waals surface area (Å²) < 4.78 is 23.8. The second-order valence-corrected chi connectivity index (χ2v) is 13.4. The molecule has 0 atom stereocenters. The molecule has 0 aliphatic heterocycles. The zero-order chi connectivity index (χ0) is 26.9. The quantitative estimate of drug-likeness (QED) is 0.177. The minimum Gasteiger partial charge on any atom is -0.428 e. The standard InChI is InChI=1S/C25H28Br4O6/c1-23(2,3)34-21(30)32-14-11-9-13(10-12-14)25(7,8)15-16(26)18(28)20(19(29)17(15)27)33-22(31)35-24(4,5)6/h9-12H,1-8H3. The fourth-order valence-corrected chi connectivity index (χ4v) is 6.29. The van der Waals surface area contributed by atoms with Gasteiger partial charge in [0.25, 0.3) is 0 Å². The van der Waals surface area contributed by atoms with Crippen LogP contribution in [0.4, 0.5) is 9.59 Å². The zero-order valence-electron chi connectivity index (χ0n) is 20.8. The van der Waals surface area contributed by atoms with E-state index in [1.165, 1.54) is 0 Å². The number of ether oxygens (including phenoxy) is 4. The van der Waals surface area contributed by atoms with E-state index in [1.54, 1.807) is 53.7 Å². The molecule has 2 aromatic rings. The van der Waals surface area contributed by atoms with Gasteiger partial charge in [-0.2, -0.15) is 0 Å². The maximum absolute atomic E-state index is 12.3. The highest BCUT2D eigenvalue weighted by Gasteiger charge is 2.33. The van der Waals surface area contributed by atoms with E-state index in [0.717, 1.165) is 11.1 Å². The van der Waals surface area contributed by atoms with Crippen molar-refractivity contribution in [1.82, 2.24) is 0 Å². The Bertz CT molecular complexity index is 1080. The molecule has 0 saturated heterocycles. The number of halogens is 4. The lowest BCUT2D eigenvalue weighted by atomic mass is 9.78. The lowest BCUT2D eigenvalue weighted by molar-refractivity contribution is 0.0191. The van der Waals surface area contributed by atoms with Gasteiger partial charge in [-0.15, -0.1) is 0 Å². The third-order valence-corrected chi connectivity index (χ3v) is 8.75. The van der Waals surface area contributed by atoms with Gasteiger partial charge in [-0.05, 0) is 129 Å². The van der Waals surface area contributed by atoms with E-state index >= 15 is 0 Å². The van der Waals surface area contributed by atoms with Crippen LogP contribution in [0, 0.1) is 0 Å². The lowest BCUT2D eigenvalue weighted by Gasteiger charge is -2.30. The summed E-state index contributed by atoms with van der Waals surface area (Å²) in [4.78, 5) is 24.3. The molecule has 0 spiro atoms. The van der Waals surface area contributed by atoms with Crippen molar-refractivity contribution >= 4 is 76.0 Å². The van der Waals surface area contributed by atoms with Crippen LogP contribution in [-0.4, -0.2) is 23.5 Å². The van der Waals surface area contributed by atoms with Crippen molar-refractivity contribution in [2.24, 2.45) is 0 Å². The summed E-state index contributed by atoms with van der Waals surface area (Å²) in [5, 5.41) is 0. The second kappa shape index (κ2) is 11.1. The van der Waals surface area contributed by atoms with Crippen molar-refractivity contribution in [3.63, 3.8) is 0 Å². The van der Waals surface area contributed by atoms with Crippen molar-refractivity contribution < 1.29 is 28.5 Å². The molecule has 0 amide bonds. The molecule has 0 aliphatic rings. The molecular weight excluding hydrogens is 716 g/mol. The van der Waals surface area contributed by atoms with Gasteiger partial charge in [0.1, 0.15) is 17.0 Å².